The summed E-state index contributed by atoms with van der Waals surface area (Å²) in [4.78, 5) is 16.5. The highest BCUT2D eigenvalue weighted by Crippen LogP contribution is 2.24. The summed E-state index contributed by atoms with van der Waals surface area (Å²) in [5.74, 6) is 0. The third-order valence-electron chi connectivity index (χ3n) is 3.57. The van der Waals surface area contributed by atoms with Crippen LogP contribution in [-0.4, -0.2) is 65.9 Å². The monoisotopic (exact) mass is 270 g/mol. The third-order valence-corrected chi connectivity index (χ3v) is 3.57. The first-order valence-corrected chi connectivity index (χ1v) is 7.11. The molecule has 5 heteroatoms. The number of hydrogen-bond acceptors (Lipinski definition) is 4. The normalized spacial score (nSPS) is 28.6. The molecule has 0 spiro atoms. The molecule has 1 amide bonds. The van der Waals surface area contributed by atoms with E-state index < -0.39 is 5.60 Å². The number of nitrogens with zero attached hydrogens (tertiary/aromatic N) is 2. The Labute approximate surface area is 115 Å². The van der Waals surface area contributed by atoms with Gasteiger partial charge in [-0.2, -0.15) is 0 Å². The molecule has 5 nitrogen and oxygen atoms in total. The fourth-order valence-corrected chi connectivity index (χ4v) is 3.01. The lowest BCUT2D eigenvalue weighted by Crippen LogP contribution is -2.67. The fraction of sp³-hybridized carbons (Fsp3) is 0.929. The van der Waals surface area contributed by atoms with E-state index in [0.717, 1.165) is 0 Å². The summed E-state index contributed by atoms with van der Waals surface area (Å²) in [6.07, 6.45) is -0.201. The molecule has 2 rings (SSSR count). The Kier molecular flexibility index (Phi) is 4.06. The second kappa shape index (κ2) is 5.29. The van der Waals surface area contributed by atoms with Gasteiger partial charge >= 0.3 is 6.09 Å². The molecule has 0 aromatic rings. The summed E-state index contributed by atoms with van der Waals surface area (Å²) < 4.78 is 11.1. The van der Waals surface area contributed by atoms with Crippen LogP contribution in [0.5, 0.6) is 0 Å². The van der Waals surface area contributed by atoms with Crippen molar-refractivity contribution < 1.29 is 14.3 Å². The lowest BCUT2D eigenvalue weighted by Gasteiger charge is -2.51. The molecule has 2 saturated heterocycles. The molecule has 0 radical (unpaired) electrons. The first-order chi connectivity index (χ1) is 8.78. The van der Waals surface area contributed by atoms with Gasteiger partial charge in [0.15, 0.2) is 0 Å². The van der Waals surface area contributed by atoms with Gasteiger partial charge in [-0.05, 0) is 34.6 Å². The van der Waals surface area contributed by atoms with E-state index in [-0.39, 0.29) is 6.09 Å². The molecule has 2 atom stereocenters. The number of piperazine rings is 1. The van der Waals surface area contributed by atoms with Crippen LogP contribution >= 0.6 is 0 Å². The van der Waals surface area contributed by atoms with Crippen molar-refractivity contribution in [1.82, 2.24) is 9.80 Å². The summed E-state index contributed by atoms with van der Waals surface area (Å²) in [7, 11) is 0. The molecule has 0 aromatic heterocycles. The highest BCUT2D eigenvalue weighted by atomic mass is 16.6. The molecular formula is C14H26N2O3. The summed E-state index contributed by atoms with van der Waals surface area (Å²) in [6.45, 7) is 12.9. The van der Waals surface area contributed by atoms with Gasteiger partial charge in [0.05, 0.1) is 25.3 Å². The Hall–Kier alpha value is -0.810. The number of morpholine rings is 1. The maximum Gasteiger partial charge on any atom is 0.410 e. The predicted molar refractivity (Wildman–Crippen MR) is 73.2 cm³/mol. The smallest absolute Gasteiger partial charge is 0.410 e. The van der Waals surface area contributed by atoms with Crippen molar-refractivity contribution in [3.8, 4) is 0 Å². The van der Waals surface area contributed by atoms with Gasteiger partial charge in [0.2, 0.25) is 0 Å². The SMILES string of the molecule is CC(C)N1C2COCC1CN(C(=O)OC(C)(C)C)C2. The van der Waals surface area contributed by atoms with Gasteiger partial charge < -0.3 is 14.4 Å². The summed E-state index contributed by atoms with van der Waals surface area (Å²) in [5.41, 5.74) is -0.433. The van der Waals surface area contributed by atoms with E-state index in [0.29, 0.717) is 44.4 Å². The van der Waals surface area contributed by atoms with Gasteiger partial charge in [0.1, 0.15) is 5.60 Å². The lowest BCUT2D eigenvalue weighted by atomic mass is 10.0. The van der Waals surface area contributed by atoms with Crippen LogP contribution in [0.3, 0.4) is 0 Å². The van der Waals surface area contributed by atoms with Crippen LogP contribution in [0.4, 0.5) is 4.79 Å². The van der Waals surface area contributed by atoms with Crippen molar-refractivity contribution >= 4 is 6.09 Å². The summed E-state index contributed by atoms with van der Waals surface area (Å²) in [6, 6.07) is 1.07. The molecule has 0 saturated carbocycles. The second-order valence-corrected chi connectivity index (χ2v) is 6.77. The molecule has 19 heavy (non-hydrogen) atoms. The Morgan fingerprint density at radius 2 is 1.74 bits per heavy atom. The lowest BCUT2D eigenvalue weighted by molar-refractivity contribution is -0.109. The average molecular weight is 270 g/mol. The minimum atomic E-state index is -0.433. The highest BCUT2D eigenvalue weighted by Gasteiger charge is 2.41. The van der Waals surface area contributed by atoms with Crippen LogP contribution in [-0.2, 0) is 9.47 Å². The zero-order chi connectivity index (χ0) is 14.2. The Balaban J connectivity index is 2.03. The number of hydrogen-bond donors (Lipinski definition) is 0. The van der Waals surface area contributed by atoms with Crippen LogP contribution < -0.4 is 0 Å². The van der Waals surface area contributed by atoms with E-state index >= 15 is 0 Å². The predicted octanol–water partition coefficient (Wildman–Crippen LogP) is 1.71. The number of ether oxygens (including phenoxy) is 2. The minimum absolute atomic E-state index is 0.201. The van der Waals surface area contributed by atoms with Crippen molar-refractivity contribution in [2.45, 2.75) is 58.3 Å². The first-order valence-electron chi connectivity index (χ1n) is 7.11. The Bertz CT molecular complexity index is 324. The number of rotatable bonds is 1. The minimum Gasteiger partial charge on any atom is -0.444 e. The standard InChI is InChI=1S/C14H26N2O3/c1-10(2)16-11-6-15(7-12(16)9-18-8-11)13(17)19-14(3,4)5/h10-12H,6-9H2,1-5H3. The molecular weight excluding hydrogens is 244 g/mol. The first kappa shape index (κ1) is 14.6. The number of amides is 1. The molecule has 0 N–H and O–H groups in total. The van der Waals surface area contributed by atoms with Crippen LogP contribution in [0.1, 0.15) is 34.6 Å². The van der Waals surface area contributed by atoms with E-state index in [1.54, 1.807) is 0 Å². The molecule has 0 aliphatic carbocycles. The largest absolute Gasteiger partial charge is 0.444 e. The van der Waals surface area contributed by atoms with Crippen LogP contribution in [0.2, 0.25) is 0 Å². The molecule has 2 fully saturated rings. The van der Waals surface area contributed by atoms with Crippen LogP contribution in [0, 0.1) is 0 Å². The Morgan fingerprint density at radius 1 is 1.21 bits per heavy atom. The van der Waals surface area contributed by atoms with Gasteiger partial charge in [-0.15, -0.1) is 0 Å². The van der Waals surface area contributed by atoms with E-state index in [1.165, 1.54) is 0 Å². The average Bonchev–Trinajstić information content (AvgIpc) is 2.24. The van der Waals surface area contributed by atoms with Gasteiger partial charge in [-0.1, -0.05) is 0 Å². The van der Waals surface area contributed by atoms with Gasteiger partial charge in [-0.25, -0.2) is 4.79 Å². The van der Waals surface area contributed by atoms with Crippen molar-refractivity contribution in [3.05, 3.63) is 0 Å². The van der Waals surface area contributed by atoms with E-state index in [4.69, 9.17) is 9.47 Å². The zero-order valence-corrected chi connectivity index (χ0v) is 12.7. The van der Waals surface area contributed by atoms with Crippen LogP contribution in [0.15, 0.2) is 0 Å². The maximum absolute atomic E-state index is 12.2. The number of fused-ring (bicyclic) bond motifs is 2. The molecule has 0 aromatic carbocycles. The molecule has 2 unspecified atom stereocenters. The van der Waals surface area contributed by atoms with Crippen molar-refractivity contribution in [1.29, 1.82) is 0 Å². The van der Waals surface area contributed by atoms with E-state index in [2.05, 4.69) is 18.7 Å². The maximum atomic E-state index is 12.2. The second-order valence-electron chi connectivity index (χ2n) is 6.77. The Morgan fingerprint density at radius 3 is 2.16 bits per heavy atom. The van der Waals surface area contributed by atoms with Crippen molar-refractivity contribution in [2.24, 2.45) is 0 Å². The highest BCUT2D eigenvalue weighted by molar-refractivity contribution is 5.68. The third kappa shape index (κ3) is 3.39. The van der Waals surface area contributed by atoms with Gasteiger partial charge in [0, 0.05) is 19.1 Å². The molecule has 2 aliphatic heterocycles. The van der Waals surface area contributed by atoms with E-state index in [1.807, 2.05) is 25.7 Å². The zero-order valence-electron chi connectivity index (χ0n) is 12.7. The molecule has 2 aliphatic rings. The summed E-state index contributed by atoms with van der Waals surface area (Å²) in [5, 5.41) is 0. The van der Waals surface area contributed by atoms with Gasteiger partial charge in [-0.3, -0.25) is 4.90 Å². The van der Waals surface area contributed by atoms with Gasteiger partial charge in [0.25, 0.3) is 0 Å². The topological polar surface area (TPSA) is 42.0 Å². The number of carbonyl (C=O) groups is 1. The van der Waals surface area contributed by atoms with Crippen molar-refractivity contribution in [3.63, 3.8) is 0 Å². The van der Waals surface area contributed by atoms with Crippen LogP contribution in [0.25, 0.3) is 0 Å². The molecule has 2 bridgehead atoms. The molecule has 110 valence electrons. The van der Waals surface area contributed by atoms with E-state index in [9.17, 15) is 4.79 Å². The number of carbonyl (C=O) groups excluding carboxylic acids is 1. The quantitative estimate of drug-likeness (QED) is 0.727. The van der Waals surface area contributed by atoms with Crippen molar-refractivity contribution in [2.75, 3.05) is 26.3 Å². The molecule has 2 heterocycles. The summed E-state index contributed by atoms with van der Waals surface area (Å²) >= 11 is 0. The fourth-order valence-electron chi connectivity index (χ4n) is 3.01.